The van der Waals surface area contributed by atoms with Crippen molar-refractivity contribution in [3.63, 3.8) is 0 Å². The second-order valence-corrected chi connectivity index (χ2v) is 4.38. The zero-order valence-corrected chi connectivity index (χ0v) is 12.5. The van der Waals surface area contributed by atoms with E-state index in [1.54, 1.807) is 6.08 Å². The molecule has 0 unspecified atom stereocenters. The molecule has 1 aromatic rings. The van der Waals surface area contributed by atoms with Gasteiger partial charge in [-0.25, -0.2) is 4.79 Å². The van der Waals surface area contributed by atoms with Gasteiger partial charge in [0.1, 0.15) is 11.5 Å². The van der Waals surface area contributed by atoms with Crippen molar-refractivity contribution in [3.8, 4) is 11.5 Å². The topological polar surface area (TPSA) is 44.8 Å². The van der Waals surface area contributed by atoms with Crippen molar-refractivity contribution >= 4 is 12.0 Å². The van der Waals surface area contributed by atoms with Gasteiger partial charge < -0.3 is 14.2 Å². The van der Waals surface area contributed by atoms with E-state index < -0.39 is 0 Å². The minimum absolute atomic E-state index is 0.131. The van der Waals surface area contributed by atoms with E-state index in [0.29, 0.717) is 19.0 Å². The Hall–Kier alpha value is -1.97. The third kappa shape index (κ3) is 5.34. The summed E-state index contributed by atoms with van der Waals surface area (Å²) < 4.78 is 16.0. The molecule has 0 aliphatic carbocycles. The Morgan fingerprint density at radius 1 is 1.20 bits per heavy atom. The fourth-order valence-electron chi connectivity index (χ4n) is 1.63. The van der Waals surface area contributed by atoms with E-state index in [9.17, 15) is 4.79 Å². The summed E-state index contributed by atoms with van der Waals surface area (Å²) in [7, 11) is 0. The molecule has 0 N–H and O–H groups in total. The molecule has 0 heterocycles. The van der Waals surface area contributed by atoms with Crippen LogP contribution in [0, 0.1) is 0 Å². The van der Waals surface area contributed by atoms with E-state index in [1.807, 2.05) is 45.9 Å². The Kier molecular flexibility index (Phi) is 6.64. The van der Waals surface area contributed by atoms with Crippen LogP contribution in [0.15, 0.2) is 24.3 Å². The van der Waals surface area contributed by atoms with Crippen molar-refractivity contribution in [2.75, 3.05) is 13.2 Å². The van der Waals surface area contributed by atoms with Crippen LogP contribution in [-0.4, -0.2) is 25.3 Å². The largest absolute Gasteiger partial charge is 0.494 e. The summed E-state index contributed by atoms with van der Waals surface area (Å²) in [6.45, 7) is 8.61. The highest BCUT2D eigenvalue weighted by molar-refractivity contribution is 5.87. The van der Waals surface area contributed by atoms with Gasteiger partial charge in [0.2, 0.25) is 0 Å². The second-order valence-electron chi connectivity index (χ2n) is 4.38. The molecule has 0 saturated heterocycles. The summed E-state index contributed by atoms with van der Waals surface area (Å²) in [6, 6.07) is 5.52. The monoisotopic (exact) mass is 278 g/mol. The Morgan fingerprint density at radius 2 is 1.90 bits per heavy atom. The molecular weight excluding hydrogens is 256 g/mol. The van der Waals surface area contributed by atoms with Gasteiger partial charge in [0.15, 0.2) is 0 Å². The molecule has 0 aromatic heterocycles. The summed E-state index contributed by atoms with van der Waals surface area (Å²) in [5.74, 6) is 1.08. The van der Waals surface area contributed by atoms with Crippen LogP contribution in [0.5, 0.6) is 11.5 Å². The Balaban J connectivity index is 2.91. The molecule has 110 valence electrons. The van der Waals surface area contributed by atoms with E-state index in [1.165, 1.54) is 6.08 Å². The van der Waals surface area contributed by atoms with Crippen LogP contribution < -0.4 is 9.47 Å². The fraction of sp³-hybridized carbons (Fsp3) is 0.438. The Bertz CT molecular complexity index is 464. The lowest BCUT2D eigenvalue weighted by Crippen LogP contribution is -2.08. The minimum Gasteiger partial charge on any atom is -0.494 e. The van der Waals surface area contributed by atoms with Crippen molar-refractivity contribution < 1.29 is 19.0 Å². The lowest BCUT2D eigenvalue weighted by molar-refractivity contribution is -0.141. The molecule has 0 radical (unpaired) electrons. The summed E-state index contributed by atoms with van der Waals surface area (Å²) in [6.07, 6.45) is 2.94. The number of benzene rings is 1. The first kappa shape index (κ1) is 16.1. The number of hydrogen-bond acceptors (Lipinski definition) is 4. The number of carbonyl (C=O) groups is 1. The third-order valence-corrected chi connectivity index (χ3v) is 2.34. The molecule has 0 amide bonds. The standard InChI is InChI=1S/C16H22O4/c1-5-18-14-8-9-15(19-6-2)13(11-14)7-10-16(17)20-12(3)4/h7-12H,5-6H2,1-4H3. The molecule has 0 saturated carbocycles. The highest BCUT2D eigenvalue weighted by Crippen LogP contribution is 2.25. The number of carbonyl (C=O) groups excluding carboxylic acids is 1. The lowest BCUT2D eigenvalue weighted by Gasteiger charge is -2.10. The molecule has 4 heteroatoms. The van der Waals surface area contributed by atoms with Gasteiger partial charge in [-0.15, -0.1) is 0 Å². The normalized spacial score (nSPS) is 10.8. The van der Waals surface area contributed by atoms with E-state index in [-0.39, 0.29) is 12.1 Å². The van der Waals surface area contributed by atoms with Crippen molar-refractivity contribution in [2.45, 2.75) is 33.8 Å². The summed E-state index contributed by atoms with van der Waals surface area (Å²) in [4.78, 5) is 11.5. The number of hydrogen-bond donors (Lipinski definition) is 0. The predicted octanol–water partition coefficient (Wildman–Crippen LogP) is 3.45. The van der Waals surface area contributed by atoms with Gasteiger partial charge in [-0.05, 0) is 52.0 Å². The number of rotatable bonds is 7. The van der Waals surface area contributed by atoms with Crippen LogP contribution in [0.2, 0.25) is 0 Å². The molecular formula is C16H22O4. The van der Waals surface area contributed by atoms with Gasteiger partial charge in [0.25, 0.3) is 0 Å². The van der Waals surface area contributed by atoms with E-state index in [4.69, 9.17) is 14.2 Å². The fourth-order valence-corrected chi connectivity index (χ4v) is 1.63. The van der Waals surface area contributed by atoms with Crippen LogP contribution in [0.3, 0.4) is 0 Å². The molecule has 0 fully saturated rings. The maximum Gasteiger partial charge on any atom is 0.331 e. The average molecular weight is 278 g/mol. The van der Waals surface area contributed by atoms with Gasteiger partial charge in [0.05, 0.1) is 19.3 Å². The molecule has 0 aliphatic rings. The zero-order chi connectivity index (χ0) is 15.0. The van der Waals surface area contributed by atoms with Gasteiger partial charge in [-0.2, -0.15) is 0 Å². The van der Waals surface area contributed by atoms with Crippen LogP contribution in [0.4, 0.5) is 0 Å². The maximum atomic E-state index is 11.5. The van der Waals surface area contributed by atoms with Crippen molar-refractivity contribution in [2.24, 2.45) is 0 Å². The minimum atomic E-state index is -0.371. The van der Waals surface area contributed by atoms with Gasteiger partial charge in [-0.1, -0.05) is 0 Å². The van der Waals surface area contributed by atoms with Crippen LogP contribution in [-0.2, 0) is 9.53 Å². The summed E-state index contributed by atoms with van der Waals surface area (Å²) in [5, 5.41) is 0. The van der Waals surface area contributed by atoms with Crippen molar-refractivity contribution in [1.29, 1.82) is 0 Å². The molecule has 1 aromatic carbocycles. The van der Waals surface area contributed by atoms with Gasteiger partial charge in [-0.3, -0.25) is 0 Å². The Morgan fingerprint density at radius 3 is 2.50 bits per heavy atom. The Labute approximate surface area is 120 Å². The first-order valence-electron chi connectivity index (χ1n) is 6.85. The van der Waals surface area contributed by atoms with Crippen LogP contribution >= 0.6 is 0 Å². The molecule has 1 rings (SSSR count). The molecule has 0 atom stereocenters. The first-order valence-corrected chi connectivity index (χ1v) is 6.85. The molecule has 0 bridgehead atoms. The van der Waals surface area contributed by atoms with Crippen LogP contribution in [0.25, 0.3) is 6.08 Å². The smallest absolute Gasteiger partial charge is 0.331 e. The molecule has 20 heavy (non-hydrogen) atoms. The highest BCUT2D eigenvalue weighted by atomic mass is 16.5. The summed E-state index contributed by atoms with van der Waals surface area (Å²) >= 11 is 0. The zero-order valence-electron chi connectivity index (χ0n) is 12.5. The van der Waals surface area contributed by atoms with E-state index in [0.717, 1.165) is 11.3 Å². The molecule has 0 spiro atoms. The summed E-state index contributed by atoms with van der Waals surface area (Å²) in [5.41, 5.74) is 0.790. The second kappa shape index (κ2) is 8.25. The van der Waals surface area contributed by atoms with Crippen LogP contribution in [0.1, 0.15) is 33.3 Å². The van der Waals surface area contributed by atoms with Gasteiger partial charge >= 0.3 is 5.97 Å². The van der Waals surface area contributed by atoms with E-state index >= 15 is 0 Å². The molecule has 4 nitrogen and oxygen atoms in total. The quantitative estimate of drug-likeness (QED) is 0.566. The SMILES string of the molecule is CCOc1ccc(OCC)c(C=CC(=O)OC(C)C)c1. The van der Waals surface area contributed by atoms with Gasteiger partial charge in [0, 0.05) is 11.6 Å². The molecule has 0 aliphatic heterocycles. The van der Waals surface area contributed by atoms with Crippen molar-refractivity contribution in [1.82, 2.24) is 0 Å². The maximum absolute atomic E-state index is 11.5. The average Bonchev–Trinajstić information content (AvgIpc) is 2.38. The lowest BCUT2D eigenvalue weighted by atomic mass is 10.1. The number of ether oxygens (including phenoxy) is 3. The third-order valence-electron chi connectivity index (χ3n) is 2.34. The number of esters is 1. The first-order chi connectivity index (χ1) is 9.56. The van der Waals surface area contributed by atoms with Crippen molar-refractivity contribution in [3.05, 3.63) is 29.8 Å². The predicted molar refractivity (Wildman–Crippen MR) is 79.0 cm³/mol. The highest BCUT2D eigenvalue weighted by Gasteiger charge is 2.05. The van der Waals surface area contributed by atoms with E-state index in [2.05, 4.69) is 0 Å².